The van der Waals surface area contributed by atoms with Gasteiger partial charge in [0.05, 0.1) is 5.02 Å². The van der Waals surface area contributed by atoms with Crippen molar-refractivity contribution in [2.45, 2.75) is 25.9 Å². The van der Waals surface area contributed by atoms with Crippen LogP contribution in [0.4, 0.5) is 4.39 Å². The lowest BCUT2D eigenvalue weighted by Gasteiger charge is -2.16. The smallest absolute Gasteiger partial charge is 0.163 e. The Hall–Kier alpha value is -1.87. The fraction of sp³-hybridized carbons (Fsp3) is 0.235. The SMILES string of the molecule is O=C1CCCc2ccc(OCc3ccc(F)cc3Cl)cc21. The van der Waals surface area contributed by atoms with E-state index in [1.54, 1.807) is 12.1 Å². The Bertz CT molecular complexity index is 697. The maximum Gasteiger partial charge on any atom is 0.163 e. The van der Waals surface area contributed by atoms with E-state index in [-0.39, 0.29) is 18.2 Å². The molecule has 1 aliphatic rings. The molecule has 1 aliphatic carbocycles. The van der Waals surface area contributed by atoms with Gasteiger partial charge in [-0.15, -0.1) is 0 Å². The van der Waals surface area contributed by atoms with E-state index in [4.69, 9.17) is 16.3 Å². The van der Waals surface area contributed by atoms with Crippen molar-refractivity contribution in [1.29, 1.82) is 0 Å². The summed E-state index contributed by atoms with van der Waals surface area (Å²) in [4.78, 5) is 11.9. The second-order valence-corrected chi connectivity index (χ2v) is 5.53. The van der Waals surface area contributed by atoms with Gasteiger partial charge < -0.3 is 4.74 Å². The van der Waals surface area contributed by atoms with Gasteiger partial charge in [0.25, 0.3) is 0 Å². The molecule has 0 radical (unpaired) electrons. The minimum Gasteiger partial charge on any atom is -0.489 e. The highest BCUT2D eigenvalue weighted by atomic mass is 35.5. The van der Waals surface area contributed by atoms with E-state index < -0.39 is 0 Å². The van der Waals surface area contributed by atoms with Crippen LogP contribution in [0, 0.1) is 5.82 Å². The van der Waals surface area contributed by atoms with Gasteiger partial charge >= 0.3 is 0 Å². The largest absolute Gasteiger partial charge is 0.489 e. The number of benzene rings is 2. The summed E-state index contributed by atoms with van der Waals surface area (Å²) in [5.74, 6) is 0.425. The number of halogens is 2. The molecule has 0 amide bonds. The van der Waals surface area contributed by atoms with E-state index in [2.05, 4.69) is 0 Å². The third-order valence-electron chi connectivity index (χ3n) is 3.64. The monoisotopic (exact) mass is 304 g/mol. The first-order valence-corrected chi connectivity index (χ1v) is 7.24. The number of aryl methyl sites for hydroxylation is 1. The summed E-state index contributed by atoms with van der Waals surface area (Å²) in [7, 11) is 0. The van der Waals surface area contributed by atoms with Gasteiger partial charge in [0.15, 0.2) is 5.78 Å². The number of ketones is 1. The van der Waals surface area contributed by atoms with Crippen molar-refractivity contribution in [2.24, 2.45) is 0 Å². The predicted octanol–water partition coefficient (Wildman–Crippen LogP) is 4.58. The molecule has 0 atom stereocenters. The summed E-state index contributed by atoms with van der Waals surface area (Å²) in [6.45, 7) is 0.242. The Labute approximate surface area is 127 Å². The molecule has 4 heteroatoms. The van der Waals surface area contributed by atoms with Gasteiger partial charge in [0.1, 0.15) is 18.2 Å². The van der Waals surface area contributed by atoms with Crippen molar-refractivity contribution >= 4 is 17.4 Å². The first-order chi connectivity index (χ1) is 10.1. The van der Waals surface area contributed by atoms with Crippen LogP contribution in [0.5, 0.6) is 5.75 Å². The van der Waals surface area contributed by atoms with Crippen molar-refractivity contribution in [2.75, 3.05) is 0 Å². The van der Waals surface area contributed by atoms with Gasteiger partial charge in [-0.1, -0.05) is 23.7 Å². The van der Waals surface area contributed by atoms with Crippen LogP contribution < -0.4 is 4.74 Å². The zero-order valence-electron chi connectivity index (χ0n) is 11.4. The molecule has 0 N–H and O–H groups in total. The second kappa shape index (κ2) is 5.86. The average Bonchev–Trinajstić information content (AvgIpc) is 2.47. The normalized spacial score (nSPS) is 13.9. The third kappa shape index (κ3) is 3.08. The Morgan fingerprint density at radius 3 is 2.81 bits per heavy atom. The molecule has 0 fully saturated rings. The van der Waals surface area contributed by atoms with E-state index in [1.807, 2.05) is 12.1 Å². The van der Waals surface area contributed by atoms with Crippen LogP contribution in [0.2, 0.25) is 5.02 Å². The molecule has 0 saturated heterocycles. The van der Waals surface area contributed by atoms with Crippen molar-refractivity contribution < 1.29 is 13.9 Å². The molecule has 2 aromatic carbocycles. The van der Waals surface area contributed by atoms with Gasteiger partial charge in [0.2, 0.25) is 0 Å². The van der Waals surface area contributed by atoms with Crippen LogP contribution in [0.15, 0.2) is 36.4 Å². The number of rotatable bonds is 3. The van der Waals surface area contributed by atoms with Gasteiger partial charge in [-0.05, 0) is 42.7 Å². The molecule has 3 rings (SSSR count). The Balaban J connectivity index is 1.76. The molecule has 21 heavy (non-hydrogen) atoms. The summed E-state index contributed by atoms with van der Waals surface area (Å²) >= 11 is 5.96. The molecule has 108 valence electrons. The molecule has 2 nitrogen and oxygen atoms in total. The highest BCUT2D eigenvalue weighted by Gasteiger charge is 2.17. The lowest BCUT2D eigenvalue weighted by atomic mass is 9.90. The molecular formula is C17H14ClFO2. The van der Waals surface area contributed by atoms with Crippen LogP contribution in [-0.2, 0) is 13.0 Å². The molecule has 0 unspecified atom stereocenters. The van der Waals surface area contributed by atoms with Crippen LogP contribution in [0.25, 0.3) is 0 Å². The zero-order chi connectivity index (χ0) is 14.8. The molecule has 0 spiro atoms. The fourth-order valence-corrected chi connectivity index (χ4v) is 2.72. The summed E-state index contributed by atoms with van der Waals surface area (Å²) in [6, 6.07) is 9.79. The number of hydrogen-bond donors (Lipinski definition) is 0. The Morgan fingerprint density at radius 2 is 2.00 bits per heavy atom. The van der Waals surface area contributed by atoms with Crippen LogP contribution in [0.3, 0.4) is 0 Å². The van der Waals surface area contributed by atoms with Crippen LogP contribution >= 0.6 is 11.6 Å². The fourth-order valence-electron chi connectivity index (χ4n) is 2.50. The molecule has 0 bridgehead atoms. The lowest BCUT2D eigenvalue weighted by Crippen LogP contribution is -2.10. The molecule has 0 aliphatic heterocycles. The summed E-state index contributed by atoms with van der Waals surface area (Å²) in [6.07, 6.45) is 2.45. The van der Waals surface area contributed by atoms with E-state index in [0.717, 1.165) is 24.0 Å². The number of carbonyl (C=O) groups is 1. The first-order valence-electron chi connectivity index (χ1n) is 6.86. The number of ether oxygens (including phenoxy) is 1. The second-order valence-electron chi connectivity index (χ2n) is 5.12. The van der Waals surface area contributed by atoms with E-state index >= 15 is 0 Å². The highest BCUT2D eigenvalue weighted by Crippen LogP contribution is 2.26. The van der Waals surface area contributed by atoms with Gasteiger partial charge in [-0.3, -0.25) is 4.79 Å². The van der Waals surface area contributed by atoms with Crippen molar-refractivity contribution in [1.82, 2.24) is 0 Å². The van der Waals surface area contributed by atoms with E-state index in [9.17, 15) is 9.18 Å². The Kier molecular flexibility index (Phi) is 3.93. The standard InChI is InChI=1S/C17H14ClFO2/c18-16-8-13(19)6-4-12(16)10-21-14-7-5-11-2-1-3-17(20)15(11)9-14/h4-9H,1-3,10H2. The van der Waals surface area contributed by atoms with Crippen LogP contribution in [0.1, 0.15) is 34.3 Å². The minimum absolute atomic E-state index is 0.168. The van der Waals surface area contributed by atoms with Crippen molar-refractivity contribution in [3.8, 4) is 5.75 Å². The summed E-state index contributed by atoms with van der Waals surface area (Å²) < 4.78 is 18.6. The topological polar surface area (TPSA) is 26.3 Å². The van der Waals surface area contributed by atoms with Crippen LogP contribution in [-0.4, -0.2) is 5.78 Å². The van der Waals surface area contributed by atoms with Crippen molar-refractivity contribution in [3.05, 3.63) is 63.9 Å². The summed E-state index contributed by atoms with van der Waals surface area (Å²) in [5, 5.41) is 0.337. The van der Waals surface area contributed by atoms with Crippen molar-refractivity contribution in [3.63, 3.8) is 0 Å². The summed E-state index contributed by atoms with van der Waals surface area (Å²) in [5.41, 5.74) is 2.55. The number of hydrogen-bond acceptors (Lipinski definition) is 2. The number of fused-ring (bicyclic) bond motifs is 1. The third-order valence-corrected chi connectivity index (χ3v) is 3.99. The maximum atomic E-state index is 13.0. The van der Waals surface area contributed by atoms with Gasteiger partial charge in [-0.2, -0.15) is 0 Å². The Morgan fingerprint density at radius 1 is 1.14 bits per heavy atom. The van der Waals surface area contributed by atoms with Gasteiger partial charge in [-0.25, -0.2) is 4.39 Å². The number of Topliss-reactive ketones (excluding diaryl/α,β-unsaturated/α-hetero) is 1. The number of carbonyl (C=O) groups excluding carboxylic acids is 1. The maximum absolute atomic E-state index is 13.0. The average molecular weight is 305 g/mol. The molecule has 2 aromatic rings. The predicted molar refractivity (Wildman–Crippen MR) is 79.5 cm³/mol. The molecule has 0 heterocycles. The minimum atomic E-state index is -0.372. The molecule has 0 saturated carbocycles. The quantitative estimate of drug-likeness (QED) is 0.830. The van der Waals surface area contributed by atoms with E-state index in [0.29, 0.717) is 22.8 Å². The van der Waals surface area contributed by atoms with Gasteiger partial charge in [0, 0.05) is 17.5 Å². The van der Waals surface area contributed by atoms with E-state index in [1.165, 1.54) is 12.1 Å². The molecule has 0 aromatic heterocycles. The lowest BCUT2D eigenvalue weighted by molar-refractivity contribution is 0.0972. The molecular weight excluding hydrogens is 291 g/mol. The first kappa shape index (κ1) is 14.1. The highest BCUT2D eigenvalue weighted by molar-refractivity contribution is 6.31. The zero-order valence-corrected chi connectivity index (χ0v) is 12.1.